The Hall–Kier alpha value is -2.38. The number of piperidine rings is 1. The zero-order chi connectivity index (χ0) is 19.7. The highest BCUT2D eigenvalue weighted by Gasteiger charge is 2.30. The zero-order valence-electron chi connectivity index (χ0n) is 16.4. The van der Waals surface area contributed by atoms with Gasteiger partial charge in [0.15, 0.2) is 0 Å². The molecule has 0 aliphatic carbocycles. The van der Waals surface area contributed by atoms with E-state index < -0.39 is 0 Å². The molecule has 7 nitrogen and oxygen atoms in total. The number of nitrogens with zero attached hydrogens (tertiary/aromatic N) is 4. The van der Waals surface area contributed by atoms with Gasteiger partial charge in [-0.15, -0.1) is 0 Å². The monoisotopic (exact) mass is 400 g/mol. The molecule has 3 aromatic rings. The van der Waals surface area contributed by atoms with E-state index in [4.69, 9.17) is 21.3 Å². The molecule has 0 unspecified atom stereocenters. The second-order valence-electron chi connectivity index (χ2n) is 7.68. The molecule has 0 amide bonds. The van der Waals surface area contributed by atoms with Gasteiger partial charge in [0.05, 0.1) is 24.0 Å². The molecule has 3 heterocycles. The number of rotatable bonds is 5. The third kappa shape index (κ3) is 3.52. The molecule has 0 saturated carbocycles. The lowest BCUT2D eigenvalue weighted by molar-refractivity contribution is 0.242. The third-order valence-electron chi connectivity index (χ3n) is 5.59. The first-order valence-corrected chi connectivity index (χ1v) is 9.85. The number of aromatic nitrogens is 4. The van der Waals surface area contributed by atoms with Gasteiger partial charge in [0, 0.05) is 25.2 Å². The van der Waals surface area contributed by atoms with Gasteiger partial charge in [-0.2, -0.15) is 5.10 Å². The van der Waals surface area contributed by atoms with Gasteiger partial charge in [0.1, 0.15) is 17.1 Å². The Morgan fingerprint density at radius 2 is 2.11 bits per heavy atom. The molecule has 0 spiro atoms. The number of benzene rings is 1. The highest BCUT2D eigenvalue weighted by atomic mass is 35.5. The van der Waals surface area contributed by atoms with Crippen LogP contribution in [0.1, 0.15) is 19.8 Å². The fraction of sp³-hybridized carbons (Fsp3) is 0.450. The predicted molar refractivity (Wildman–Crippen MR) is 112 cm³/mol. The second kappa shape index (κ2) is 7.56. The lowest BCUT2D eigenvalue weighted by Gasteiger charge is -2.39. The van der Waals surface area contributed by atoms with Crippen LogP contribution in [0.15, 0.2) is 24.4 Å². The molecule has 1 aliphatic rings. The van der Waals surface area contributed by atoms with Gasteiger partial charge in [0.25, 0.3) is 0 Å². The summed E-state index contributed by atoms with van der Waals surface area (Å²) in [5, 5.41) is 11.3. The number of fused-ring (bicyclic) bond motifs is 1. The summed E-state index contributed by atoms with van der Waals surface area (Å²) in [5.41, 5.74) is 3.42. The fourth-order valence-electron chi connectivity index (χ4n) is 3.83. The lowest BCUT2D eigenvalue weighted by Crippen LogP contribution is -2.43. The van der Waals surface area contributed by atoms with E-state index in [0.717, 1.165) is 55.1 Å². The maximum absolute atomic E-state index is 6.13. The SMILES string of the molecule is CNCC1(C)CCN(c2cnc3c(-c4ccc(Cl)c(OC)c4)[nH]nc3n2)CC1. The van der Waals surface area contributed by atoms with Crippen molar-refractivity contribution < 1.29 is 4.74 Å². The molecule has 28 heavy (non-hydrogen) atoms. The average Bonchev–Trinajstić information content (AvgIpc) is 3.12. The Bertz CT molecular complexity index is 980. The Morgan fingerprint density at radius 3 is 2.82 bits per heavy atom. The van der Waals surface area contributed by atoms with Crippen molar-refractivity contribution in [3.05, 3.63) is 29.4 Å². The van der Waals surface area contributed by atoms with E-state index in [-0.39, 0.29) is 0 Å². The summed E-state index contributed by atoms with van der Waals surface area (Å²) in [6.07, 6.45) is 4.10. The van der Waals surface area contributed by atoms with Crippen molar-refractivity contribution in [2.24, 2.45) is 5.41 Å². The molecule has 148 valence electrons. The Morgan fingerprint density at radius 1 is 1.32 bits per heavy atom. The quantitative estimate of drug-likeness (QED) is 0.682. The Balaban J connectivity index is 1.59. The van der Waals surface area contributed by atoms with Gasteiger partial charge in [-0.1, -0.05) is 24.6 Å². The predicted octanol–water partition coefficient (Wildman–Crippen LogP) is 3.51. The number of halogens is 1. The standard InChI is InChI=1S/C20H25ClN6O/c1-20(12-22-2)6-8-27(9-7-20)16-11-23-18-17(25-26-19(18)24-16)13-4-5-14(21)15(10-13)28-3/h4-5,10-11,22H,6-9,12H2,1-3H3,(H,24,25,26). The Kier molecular flexibility index (Phi) is 5.12. The van der Waals surface area contributed by atoms with Crippen molar-refractivity contribution >= 4 is 28.6 Å². The molecular formula is C20H25ClN6O. The normalized spacial score (nSPS) is 16.5. The summed E-state index contributed by atoms with van der Waals surface area (Å²) in [6, 6.07) is 5.60. The van der Waals surface area contributed by atoms with E-state index in [0.29, 0.717) is 21.8 Å². The van der Waals surface area contributed by atoms with Crippen LogP contribution < -0.4 is 15.0 Å². The van der Waals surface area contributed by atoms with Crippen LogP contribution in [-0.4, -0.2) is 54.0 Å². The highest BCUT2D eigenvalue weighted by Crippen LogP contribution is 2.34. The average molecular weight is 401 g/mol. The minimum absolute atomic E-state index is 0.343. The largest absolute Gasteiger partial charge is 0.495 e. The third-order valence-corrected chi connectivity index (χ3v) is 5.90. The van der Waals surface area contributed by atoms with Gasteiger partial charge < -0.3 is 15.0 Å². The van der Waals surface area contributed by atoms with Crippen LogP contribution >= 0.6 is 11.6 Å². The minimum Gasteiger partial charge on any atom is -0.495 e. The van der Waals surface area contributed by atoms with Gasteiger partial charge >= 0.3 is 0 Å². The van der Waals surface area contributed by atoms with Crippen molar-refractivity contribution in [1.82, 2.24) is 25.5 Å². The van der Waals surface area contributed by atoms with Gasteiger partial charge in [0.2, 0.25) is 5.65 Å². The first kappa shape index (κ1) is 19.0. The van der Waals surface area contributed by atoms with E-state index >= 15 is 0 Å². The van der Waals surface area contributed by atoms with Crippen molar-refractivity contribution in [3.8, 4) is 17.0 Å². The van der Waals surface area contributed by atoms with Gasteiger partial charge in [-0.25, -0.2) is 9.97 Å². The molecule has 8 heteroatoms. The molecule has 1 fully saturated rings. The smallest absolute Gasteiger partial charge is 0.202 e. The molecular weight excluding hydrogens is 376 g/mol. The Labute approximate surface area is 169 Å². The van der Waals surface area contributed by atoms with Crippen molar-refractivity contribution in [3.63, 3.8) is 0 Å². The zero-order valence-corrected chi connectivity index (χ0v) is 17.2. The van der Waals surface area contributed by atoms with E-state index in [1.54, 1.807) is 13.2 Å². The van der Waals surface area contributed by atoms with E-state index in [1.807, 2.05) is 25.4 Å². The van der Waals surface area contributed by atoms with Crippen molar-refractivity contribution in [2.75, 3.05) is 38.7 Å². The van der Waals surface area contributed by atoms with Crippen LogP contribution in [0, 0.1) is 5.41 Å². The summed E-state index contributed by atoms with van der Waals surface area (Å²) < 4.78 is 5.31. The van der Waals surface area contributed by atoms with E-state index in [1.165, 1.54) is 0 Å². The molecule has 2 aromatic heterocycles. The number of aromatic amines is 1. The van der Waals surface area contributed by atoms with Crippen LogP contribution in [-0.2, 0) is 0 Å². The lowest BCUT2D eigenvalue weighted by atomic mass is 9.80. The topological polar surface area (TPSA) is 79.0 Å². The molecule has 1 aliphatic heterocycles. The van der Waals surface area contributed by atoms with Crippen LogP contribution in [0.2, 0.25) is 5.02 Å². The molecule has 1 aromatic carbocycles. The summed E-state index contributed by atoms with van der Waals surface area (Å²) in [7, 11) is 3.62. The first-order valence-electron chi connectivity index (χ1n) is 9.47. The number of methoxy groups -OCH3 is 1. The van der Waals surface area contributed by atoms with E-state index in [2.05, 4.69) is 32.3 Å². The molecule has 0 radical (unpaired) electrons. The van der Waals surface area contributed by atoms with E-state index in [9.17, 15) is 0 Å². The summed E-state index contributed by atoms with van der Waals surface area (Å²) >= 11 is 6.13. The summed E-state index contributed by atoms with van der Waals surface area (Å²) in [4.78, 5) is 11.7. The van der Waals surface area contributed by atoms with Gasteiger partial charge in [-0.3, -0.25) is 5.10 Å². The van der Waals surface area contributed by atoms with Crippen LogP contribution in [0.25, 0.3) is 22.4 Å². The summed E-state index contributed by atoms with van der Waals surface area (Å²) in [5.74, 6) is 1.50. The van der Waals surface area contributed by atoms with Gasteiger partial charge in [-0.05, 0) is 37.4 Å². The maximum atomic E-state index is 6.13. The van der Waals surface area contributed by atoms with Crippen LogP contribution in [0.3, 0.4) is 0 Å². The first-order chi connectivity index (χ1) is 13.5. The number of H-pyrrole nitrogens is 1. The number of ether oxygens (including phenoxy) is 1. The van der Waals surface area contributed by atoms with Crippen LogP contribution in [0.5, 0.6) is 5.75 Å². The maximum Gasteiger partial charge on any atom is 0.202 e. The number of hydrogen-bond donors (Lipinski definition) is 2. The summed E-state index contributed by atoms with van der Waals surface area (Å²) in [6.45, 7) is 5.34. The molecule has 2 N–H and O–H groups in total. The molecule has 0 atom stereocenters. The number of nitrogens with one attached hydrogen (secondary N) is 2. The van der Waals surface area contributed by atoms with Crippen molar-refractivity contribution in [1.29, 1.82) is 0 Å². The second-order valence-corrected chi connectivity index (χ2v) is 8.08. The number of hydrogen-bond acceptors (Lipinski definition) is 6. The number of anilines is 1. The molecule has 1 saturated heterocycles. The highest BCUT2D eigenvalue weighted by molar-refractivity contribution is 6.32. The van der Waals surface area contributed by atoms with Crippen molar-refractivity contribution in [2.45, 2.75) is 19.8 Å². The molecule has 4 rings (SSSR count). The molecule has 0 bridgehead atoms. The fourth-order valence-corrected chi connectivity index (χ4v) is 4.03. The minimum atomic E-state index is 0.343. The van der Waals surface area contributed by atoms with Crippen LogP contribution in [0.4, 0.5) is 5.82 Å².